The first-order valence-corrected chi connectivity index (χ1v) is 10.1. The van der Waals surface area contributed by atoms with E-state index in [-0.39, 0.29) is 29.5 Å². The summed E-state index contributed by atoms with van der Waals surface area (Å²) in [6.45, 7) is 2.18. The highest BCUT2D eigenvalue weighted by molar-refractivity contribution is 5.94. The van der Waals surface area contributed by atoms with Gasteiger partial charge in [-0.05, 0) is 38.7 Å². The number of aryl methyl sites for hydroxylation is 1. The predicted molar refractivity (Wildman–Crippen MR) is 104 cm³/mol. The Morgan fingerprint density at radius 2 is 2.03 bits per heavy atom. The number of hydrogen-bond donors (Lipinski definition) is 1. The number of fused-ring (bicyclic) bond motifs is 1. The summed E-state index contributed by atoms with van der Waals surface area (Å²) in [5, 5.41) is 7.35. The van der Waals surface area contributed by atoms with Crippen molar-refractivity contribution in [3.63, 3.8) is 0 Å². The Labute approximate surface area is 171 Å². The number of nitrogens with zero attached hydrogens (tertiary/aromatic N) is 4. The normalized spacial score (nSPS) is 24.3. The number of rotatable bonds is 2. The van der Waals surface area contributed by atoms with Gasteiger partial charge in [0.05, 0.1) is 11.7 Å². The monoisotopic (exact) mass is 423 g/mol. The lowest BCUT2D eigenvalue weighted by Gasteiger charge is -2.35. The van der Waals surface area contributed by atoms with Gasteiger partial charge in [0, 0.05) is 43.5 Å². The van der Waals surface area contributed by atoms with Gasteiger partial charge in [-0.25, -0.2) is 4.68 Å². The van der Waals surface area contributed by atoms with Crippen LogP contribution in [0.15, 0.2) is 29.2 Å². The molecule has 0 bridgehead atoms. The molecule has 2 aromatic rings. The molecule has 4 heterocycles. The van der Waals surface area contributed by atoms with E-state index in [2.05, 4.69) is 10.4 Å². The number of carbonyl (C=O) groups excluding carboxylic acids is 1. The van der Waals surface area contributed by atoms with Crippen molar-refractivity contribution < 1.29 is 18.0 Å². The predicted octanol–water partition coefficient (Wildman–Crippen LogP) is 3.26. The summed E-state index contributed by atoms with van der Waals surface area (Å²) >= 11 is 0. The maximum Gasteiger partial charge on any atom is 0.410 e. The molecule has 0 aliphatic carbocycles. The summed E-state index contributed by atoms with van der Waals surface area (Å²) in [5.74, 6) is 0.00898. The van der Waals surface area contributed by atoms with E-state index in [1.165, 1.54) is 16.8 Å². The van der Waals surface area contributed by atoms with Gasteiger partial charge in [-0.2, -0.15) is 18.3 Å². The lowest BCUT2D eigenvalue weighted by molar-refractivity contribution is -0.173. The highest BCUT2D eigenvalue weighted by Crippen LogP contribution is 2.41. The van der Waals surface area contributed by atoms with Crippen LogP contribution in [0.25, 0.3) is 0 Å². The van der Waals surface area contributed by atoms with Crippen LogP contribution in [0.1, 0.15) is 60.7 Å². The van der Waals surface area contributed by atoms with Crippen LogP contribution in [-0.4, -0.2) is 43.9 Å². The van der Waals surface area contributed by atoms with Gasteiger partial charge in [0.25, 0.3) is 11.5 Å². The second kappa shape index (κ2) is 7.48. The van der Waals surface area contributed by atoms with Gasteiger partial charge < -0.3 is 14.8 Å². The molecule has 4 rings (SSSR count). The van der Waals surface area contributed by atoms with Crippen LogP contribution in [0, 0.1) is 0 Å². The van der Waals surface area contributed by atoms with Crippen LogP contribution in [0.4, 0.5) is 19.0 Å². The Kier molecular flexibility index (Phi) is 5.11. The zero-order chi connectivity index (χ0) is 21.6. The maximum atomic E-state index is 13.6. The molecular weight excluding hydrogens is 399 g/mol. The van der Waals surface area contributed by atoms with Crippen molar-refractivity contribution in [2.75, 3.05) is 11.9 Å². The average molecular weight is 423 g/mol. The smallest absolute Gasteiger partial charge is 0.368 e. The number of piperidine rings is 1. The molecule has 1 N–H and O–H groups in total. The van der Waals surface area contributed by atoms with E-state index in [9.17, 15) is 22.8 Å². The van der Waals surface area contributed by atoms with E-state index in [4.69, 9.17) is 0 Å². The number of pyridine rings is 1. The summed E-state index contributed by atoms with van der Waals surface area (Å²) in [6, 6.07) is 2.03. The van der Waals surface area contributed by atoms with Crippen molar-refractivity contribution in [3.8, 4) is 0 Å². The molecule has 0 spiro atoms. The first-order chi connectivity index (χ1) is 14.1. The van der Waals surface area contributed by atoms with E-state index in [1.54, 1.807) is 31.0 Å². The Bertz CT molecular complexity index is 1010. The van der Waals surface area contributed by atoms with Crippen molar-refractivity contribution in [1.82, 2.24) is 19.2 Å². The molecule has 162 valence electrons. The van der Waals surface area contributed by atoms with Gasteiger partial charge in [-0.1, -0.05) is 0 Å². The minimum Gasteiger partial charge on any atom is -0.368 e. The highest BCUT2D eigenvalue weighted by atomic mass is 19.4. The van der Waals surface area contributed by atoms with Crippen LogP contribution in [0.3, 0.4) is 0 Å². The third kappa shape index (κ3) is 3.70. The van der Waals surface area contributed by atoms with Crippen molar-refractivity contribution in [2.45, 2.75) is 56.9 Å². The standard InChI is InChI=1S/C20H24F3N5O2/c1-12-9-16(20(21,22)23)28-17(24-12)11-14(25-28)15-5-3-4-7-27(15)19(30)13-6-8-26(2)18(29)10-13/h6,8,10-12,15-16,24H,3-5,7,9H2,1-2H3/t12-,15?,16-/m1/s1. The number of amides is 1. The molecule has 3 atom stereocenters. The van der Waals surface area contributed by atoms with Crippen LogP contribution < -0.4 is 10.9 Å². The Balaban J connectivity index is 1.68. The zero-order valence-electron chi connectivity index (χ0n) is 16.8. The zero-order valence-corrected chi connectivity index (χ0v) is 16.8. The molecule has 1 unspecified atom stereocenters. The minimum absolute atomic E-state index is 0.0990. The third-order valence-electron chi connectivity index (χ3n) is 5.86. The van der Waals surface area contributed by atoms with Crippen LogP contribution >= 0.6 is 0 Å². The maximum absolute atomic E-state index is 13.6. The third-order valence-corrected chi connectivity index (χ3v) is 5.86. The average Bonchev–Trinajstić information content (AvgIpc) is 3.11. The van der Waals surface area contributed by atoms with Crippen LogP contribution in [-0.2, 0) is 7.05 Å². The minimum atomic E-state index is -4.40. The Hall–Kier alpha value is -2.78. The fourth-order valence-electron chi connectivity index (χ4n) is 4.27. The molecular formula is C20H24F3N5O2. The van der Waals surface area contributed by atoms with Crippen molar-refractivity contribution in [2.24, 2.45) is 7.05 Å². The van der Waals surface area contributed by atoms with Gasteiger partial charge in [-0.3, -0.25) is 9.59 Å². The van der Waals surface area contributed by atoms with Gasteiger partial charge in [0.15, 0.2) is 6.04 Å². The van der Waals surface area contributed by atoms with Crippen molar-refractivity contribution >= 4 is 11.7 Å². The van der Waals surface area contributed by atoms with Gasteiger partial charge >= 0.3 is 6.18 Å². The van der Waals surface area contributed by atoms with Crippen molar-refractivity contribution in [3.05, 3.63) is 46.0 Å². The number of hydrogen-bond acceptors (Lipinski definition) is 4. The van der Waals surface area contributed by atoms with Crippen molar-refractivity contribution in [1.29, 1.82) is 0 Å². The van der Waals surface area contributed by atoms with Crippen LogP contribution in [0.5, 0.6) is 0 Å². The lowest BCUT2D eigenvalue weighted by Crippen LogP contribution is -2.39. The molecule has 1 amide bonds. The number of alkyl halides is 3. The van der Waals surface area contributed by atoms with E-state index >= 15 is 0 Å². The fourth-order valence-corrected chi connectivity index (χ4v) is 4.27. The quantitative estimate of drug-likeness (QED) is 0.805. The summed E-state index contributed by atoms with van der Waals surface area (Å²) in [7, 11) is 1.60. The van der Waals surface area contributed by atoms with E-state index in [1.807, 2.05) is 0 Å². The van der Waals surface area contributed by atoms with Gasteiger partial charge in [0.1, 0.15) is 5.82 Å². The molecule has 30 heavy (non-hydrogen) atoms. The molecule has 0 aromatic carbocycles. The molecule has 10 heteroatoms. The number of carbonyl (C=O) groups is 1. The second-order valence-electron chi connectivity index (χ2n) is 8.11. The second-order valence-corrected chi connectivity index (χ2v) is 8.11. The number of aromatic nitrogens is 3. The summed E-state index contributed by atoms with van der Waals surface area (Å²) in [4.78, 5) is 26.7. The number of likely N-dealkylation sites (tertiary alicyclic amines) is 1. The molecule has 2 aromatic heterocycles. The molecule has 0 saturated carbocycles. The first-order valence-electron chi connectivity index (χ1n) is 10.1. The molecule has 1 fully saturated rings. The summed E-state index contributed by atoms with van der Waals surface area (Å²) in [6.07, 6.45) is -0.720. The molecule has 1 saturated heterocycles. The number of nitrogens with one attached hydrogen (secondary N) is 1. The first kappa shape index (κ1) is 20.5. The van der Waals surface area contributed by atoms with E-state index in [0.717, 1.165) is 17.5 Å². The van der Waals surface area contributed by atoms with E-state index < -0.39 is 18.3 Å². The van der Waals surface area contributed by atoms with Crippen LogP contribution in [0.2, 0.25) is 0 Å². The highest BCUT2D eigenvalue weighted by Gasteiger charge is 2.46. The Morgan fingerprint density at radius 1 is 1.27 bits per heavy atom. The molecule has 2 aliphatic rings. The number of halogens is 3. The van der Waals surface area contributed by atoms with E-state index in [0.29, 0.717) is 24.5 Å². The van der Waals surface area contributed by atoms with Gasteiger partial charge in [0.2, 0.25) is 0 Å². The summed E-state index contributed by atoms with van der Waals surface area (Å²) in [5.41, 5.74) is 0.421. The lowest BCUT2D eigenvalue weighted by atomic mass is 9.98. The number of anilines is 1. The molecule has 0 radical (unpaired) electrons. The molecule has 2 aliphatic heterocycles. The van der Waals surface area contributed by atoms with Gasteiger partial charge in [-0.15, -0.1) is 0 Å². The topological polar surface area (TPSA) is 72.2 Å². The summed E-state index contributed by atoms with van der Waals surface area (Å²) < 4.78 is 43.0. The largest absolute Gasteiger partial charge is 0.410 e. The Morgan fingerprint density at radius 3 is 2.73 bits per heavy atom. The SMILES string of the molecule is C[C@@H]1C[C@H](C(F)(F)F)n2nc(C3CCCCN3C(=O)c3ccn(C)c(=O)c3)cc2N1. The molecule has 7 nitrogen and oxygen atoms in total. The fraction of sp³-hybridized carbons (Fsp3) is 0.550.